The maximum atomic E-state index is 10.9. The molecule has 0 fully saturated rings. The van der Waals surface area contributed by atoms with Gasteiger partial charge in [-0.25, -0.2) is 13.1 Å². The van der Waals surface area contributed by atoms with E-state index in [0.717, 1.165) is 6.54 Å². The van der Waals surface area contributed by atoms with Gasteiger partial charge in [0.1, 0.15) is 0 Å². The van der Waals surface area contributed by atoms with Crippen LogP contribution in [0.1, 0.15) is 25.3 Å². The second-order valence-corrected chi connectivity index (χ2v) is 6.96. The van der Waals surface area contributed by atoms with Gasteiger partial charge < -0.3 is 5.32 Å². The second-order valence-electron chi connectivity index (χ2n) is 5.13. The van der Waals surface area contributed by atoms with Crippen LogP contribution in [0.4, 0.5) is 0 Å². The number of sulfonamides is 1. The Balaban J connectivity index is 2.40. The zero-order valence-corrected chi connectivity index (χ0v) is 12.7. The molecule has 0 aromatic heterocycles. The van der Waals surface area contributed by atoms with Crippen molar-refractivity contribution in [1.82, 2.24) is 10.0 Å². The van der Waals surface area contributed by atoms with Gasteiger partial charge in [-0.2, -0.15) is 0 Å². The number of hydrogen-bond donors (Lipinski definition) is 2. The van der Waals surface area contributed by atoms with E-state index in [1.165, 1.54) is 11.8 Å². The lowest BCUT2D eigenvalue weighted by molar-refractivity contribution is 0.462. The Morgan fingerprint density at radius 2 is 1.74 bits per heavy atom. The van der Waals surface area contributed by atoms with E-state index in [4.69, 9.17) is 0 Å². The van der Waals surface area contributed by atoms with Crippen molar-refractivity contribution < 1.29 is 8.42 Å². The summed E-state index contributed by atoms with van der Waals surface area (Å²) < 4.78 is 24.3. The number of rotatable bonds is 8. The summed E-state index contributed by atoms with van der Waals surface area (Å²) in [6.07, 6.45) is 1.17. The first-order valence-electron chi connectivity index (χ1n) is 6.60. The van der Waals surface area contributed by atoms with Gasteiger partial charge >= 0.3 is 0 Å². The van der Waals surface area contributed by atoms with Gasteiger partial charge in [-0.1, -0.05) is 44.2 Å². The van der Waals surface area contributed by atoms with Gasteiger partial charge in [-0.3, -0.25) is 0 Å². The van der Waals surface area contributed by atoms with Crippen molar-refractivity contribution >= 4 is 10.0 Å². The maximum Gasteiger partial charge on any atom is 0.208 e. The van der Waals surface area contributed by atoms with Crippen LogP contribution >= 0.6 is 0 Å². The second kappa shape index (κ2) is 7.62. The summed E-state index contributed by atoms with van der Waals surface area (Å²) in [5.41, 5.74) is 1.32. The van der Waals surface area contributed by atoms with E-state index >= 15 is 0 Å². The molecule has 0 spiro atoms. The summed E-state index contributed by atoms with van der Waals surface area (Å²) in [5, 5.41) is 3.31. The fourth-order valence-electron chi connectivity index (χ4n) is 2.02. The molecule has 0 aliphatic heterocycles. The molecule has 19 heavy (non-hydrogen) atoms. The first-order chi connectivity index (χ1) is 8.90. The summed E-state index contributed by atoms with van der Waals surface area (Å²) in [6.45, 7) is 6.33. The molecule has 0 heterocycles. The van der Waals surface area contributed by atoms with Gasteiger partial charge in [0, 0.05) is 19.6 Å². The summed E-state index contributed by atoms with van der Waals surface area (Å²) in [4.78, 5) is 0. The molecule has 1 unspecified atom stereocenters. The molecule has 0 bridgehead atoms. The molecule has 1 aromatic carbocycles. The van der Waals surface area contributed by atoms with Crippen molar-refractivity contribution in [3.63, 3.8) is 0 Å². The summed E-state index contributed by atoms with van der Waals surface area (Å²) in [7, 11) is -3.08. The van der Waals surface area contributed by atoms with Crippen molar-refractivity contribution in [2.75, 3.05) is 25.9 Å². The van der Waals surface area contributed by atoms with E-state index in [1.54, 1.807) is 0 Å². The fraction of sp³-hybridized carbons (Fsp3) is 0.571. The van der Waals surface area contributed by atoms with Crippen molar-refractivity contribution in [2.24, 2.45) is 5.92 Å². The van der Waals surface area contributed by atoms with E-state index in [1.807, 2.05) is 6.07 Å². The lowest BCUT2D eigenvalue weighted by atomic mass is 9.88. The SMILES string of the molecule is CC(C)C(CNCCNS(C)(=O)=O)c1ccccc1. The van der Waals surface area contributed by atoms with E-state index in [9.17, 15) is 8.42 Å². The van der Waals surface area contributed by atoms with Gasteiger partial charge in [0.25, 0.3) is 0 Å². The highest BCUT2D eigenvalue weighted by Crippen LogP contribution is 2.23. The number of benzene rings is 1. The van der Waals surface area contributed by atoms with E-state index in [2.05, 4.69) is 48.2 Å². The van der Waals surface area contributed by atoms with Gasteiger partial charge in [-0.05, 0) is 17.4 Å². The number of nitrogens with one attached hydrogen (secondary N) is 2. The topological polar surface area (TPSA) is 58.2 Å². The molecule has 0 aliphatic rings. The van der Waals surface area contributed by atoms with Crippen LogP contribution in [-0.2, 0) is 10.0 Å². The Labute approximate surface area is 116 Å². The average Bonchev–Trinajstić information content (AvgIpc) is 2.33. The highest BCUT2D eigenvalue weighted by Gasteiger charge is 2.14. The Morgan fingerprint density at radius 3 is 2.26 bits per heavy atom. The zero-order valence-electron chi connectivity index (χ0n) is 11.9. The van der Waals surface area contributed by atoms with Crippen molar-refractivity contribution in [2.45, 2.75) is 19.8 Å². The summed E-state index contributed by atoms with van der Waals surface area (Å²) >= 11 is 0. The van der Waals surface area contributed by atoms with Crippen LogP contribution in [-0.4, -0.2) is 34.3 Å². The molecule has 5 heteroatoms. The number of hydrogen-bond acceptors (Lipinski definition) is 3. The quantitative estimate of drug-likeness (QED) is 0.712. The Bertz CT molecular complexity index is 458. The molecule has 108 valence electrons. The first-order valence-corrected chi connectivity index (χ1v) is 8.49. The maximum absolute atomic E-state index is 10.9. The largest absolute Gasteiger partial charge is 0.315 e. The van der Waals surface area contributed by atoms with Gasteiger partial charge in [0.15, 0.2) is 0 Å². The molecular weight excluding hydrogens is 260 g/mol. The highest BCUT2D eigenvalue weighted by atomic mass is 32.2. The minimum Gasteiger partial charge on any atom is -0.315 e. The predicted molar refractivity (Wildman–Crippen MR) is 79.7 cm³/mol. The molecule has 0 amide bonds. The van der Waals surface area contributed by atoms with Crippen molar-refractivity contribution in [1.29, 1.82) is 0 Å². The molecule has 0 saturated heterocycles. The van der Waals surface area contributed by atoms with Gasteiger partial charge in [0.05, 0.1) is 6.26 Å². The van der Waals surface area contributed by atoms with E-state index in [0.29, 0.717) is 24.9 Å². The smallest absolute Gasteiger partial charge is 0.208 e. The Kier molecular flexibility index (Phi) is 6.48. The molecule has 0 saturated carbocycles. The molecule has 2 N–H and O–H groups in total. The monoisotopic (exact) mass is 284 g/mol. The molecule has 0 radical (unpaired) electrons. The zero-order chi connectivity index (χ0) is 14.3. The van der Waals surface area contributed by atoms with Crippen molar-refractivity contribution in [3.8, 4) is 0 Å². The average molecular weight is 284 g/mol. The molecular formula is C14H24N2O2S. The lowest BCUT2D eigenvalue weighted by Crippen LogP contribution is -2.33. The minimum absolute atomic E-state index is 0.429. The summed E-state index contributed by atoms with van der Waals surface area (Å²) in [5.74, 6) is 0.984. The van der Waals surface area contributed by atoms with Crippen LogP contribution in [0.3, 0.4) is 0 Å². The molecule has 4 nitrogen and oxygen atoms in total. The van der Waals surface area contributed by atoms with Gasteiger partial charge in [-0.15, -0.1) is 0 Å². The van der Waals surface area contributed by atoms with Crippen LogP contribution in [0.2, 0.25) is 0 Å². The van der Waals surface area contributed by atoms with E-state index in [-0.39, 0.29) is 0 Å². The van der Waals surface area contributed by atoms with Crippen LogP contribution < -0.4 is 10.0 Å². The lowest BCUT2D eigenvalue weighted by Gasteiger charge is -2.22. The Morgan fingerprint density at radius 1 is 1.11 bits per heavy atom. The molecule has 1 aromatic rings. The van der Waals surface area contributed by atoms with Crippen LogP contribution in [0, 0.1) is 5.92 Å². The molecule has 0 aliphatic carbocycles. The van der Waals surface area contributed by atoms with Crippen LogP contribution in [0.5, 0.6) is 0 Å². The highest BCUT2D eigenvalue weighted by molar-refractivity contribution is 7.88. The molecule has 1 rings (SSSR count). The fourth-order valence-corrected chi connectivity index (χ4v) is 2.49. The van der Waals surface area contributed by atoms with Gasteiger partial charge in [0.2, 0.25) is 10.0 Å². The van der Waals surface area contributed by atoms with E-state index < -0.39 is 10.0 Å². The predicted octanol–water partition coefficient (Wildman–Crippen LogP) is 1.57. The normalized spacial score (nSPS) is 13.7. The van der Waals surface area contributed by atoms with Crippen LogP contribution in [0.25, 0.3) is 0 Å². The first kappa shape index (κ1) is 16.1. The minimum atomic E-state index is -3.08. The third-order valence-corrected chi connectivity index (χ3v) is 3.79. The third kappa shape index (κ3) is 6.71. The standard InChI is InChI=1S/C14H24N2O2S/c1-12(2)14(13-7-5-4-6-8-13)11-15-9-10-16-19(3,17)18/h4-8,12,14-16H,9-11H2,1-3H3. The third-order valence-electron chi connectivity index (χ3n) is 3.06. The molecule has 1 atom stereocenters. The summed E-state index contributed by atoms with van der Waals surface area (Å²) in [6, 6.07) is 10.4. The van der Waals surface area contributed by atoms with Crippen LogP contribution in [0.15, 0.2) is 30.3 Å². The Hall–Kier alpha value is -0.910. The van der Waals surface area contributed by atoms with Crippen molar-refractivity contribution in [3.05, 3.63) is 35.9 Å².